The molecule has 2 N–H and O–H groups in total. The molecule has 0 spiro atoms. The number of halogens is 1. The first-order chi connectivity index (χ1) is 14.1. The zero-order chi connectivity index (χ0) is 20.2. The Balaban J connectivity index is 1.37. The number of fused-ring (bicyclic) bond motifs is 2. The molecule has 0 fully saturated rings. The van der Waals surface area contributed by atoms with Crippen molar-refractivity contribution in [2.45, 2.75) is 16.6 Å². The molecule has 1 unspecified atom stereocenters. The number of carbonyl (C=O) groups is 2. The molecule has 0 bridgehead atoms. The van der Waals surface area contributed by atoms with Gasteiger partial charge in [-0.1, -0.05) is 18.2 Å². The highest BCUT2D eigenvalue weighted by Gasteiger charge is 2.28. The third kappa shape index (κ3) is 4.51. The lowest BCUT2D eigenvalue weighted by atomic mass is 10.0. The zero-order valence-corrected chi connectivity index (χ0v) is 16.3. The van der Waals surface area contributed by atoms with Crippen LogP contribution in [0.15, 0.2) is 71.2 Å². The van der Waals surface area contributed by atoms with Crippen LogP contribution in [0, 0.1) is 5.82 Å². The molecule has 1 aliphatic carbocycles. The molecule has 1 heterocycles. The minimum atomic E-state index is -0.328. The molecular formula is C22H19FN2O3S. The van der Waals surface area contributed by atoms with Gasteiger partial charge in [0.15, 0.2) is 0 Å². The van der Waals surface area contributed by atoms with Crippen LogP contribution >= 0.6 is 11.8 Å². The van der Waals surface area contributed by atoms with Crippen LogP contribution in [0.4, 0.5) is 10.1 Å². The summed E-state index contributed by atoms with van der Waals surface area (Å²) in [5.41, 5.74) is 1.85. The van der Waals surface area contributed by atoms with Gasteiger partial charge in [0.25, 0.3) is 11.8 Å². The Morgan fingerprint density at radius 3 is 2.90 bits per heavy atom. The number of rotatable bonds is 5. The average molecular weight is 410 g/mol. The van der Waals surface area contributed by atoms with Crippen LogP contribution in [0.25, 0.3) is 0 Å². The topological polar surface area (TPSA) is 67.4 Å². The van der Waals surface area contributed by atoms with Gasteiger partial charge in [0.2, 0.25) is 0 Å². The van der Waals surface area contributed by atoms with Crippen molar-refractivity contribution >= 4 is 29.3 Å². The van der Waals surface area contributed by atoms with Crippen molar-refractivity contribution in [3.63, 3.8) is 0 Å². The van der Waals surface area contributed by atoms with Crippen molar-refractivity contribution < 1.29 is 18.7 Å². The Bertz CT molecular complexity index is 1000. The largest absolute Gasteiger partial charge is 0.492 e. The summed E-state index contributed by atoms with van der Waals surface area (Å²) in [6.07, 6.45) is 6.60. The number of carbonyl (C=O) groups excluding carboxylic acids is 2. The molecule has 2 aliphatic rings. The molecule has 2 amide bonds. The third-order valence-corrected chi connectivity index (χ3v) is 5.94. The molecule has 4 rings (SSSR count). The third-order valence-electron chi connectivity index (χ3n) is 4.60. The normalized spacial score (nSPS) is 17.3. The van der Waals surface area contributed by atoms with Crippen molar-refractivity contribution in [1.82, 2.24) is 5.32 Å². The van der Waals surface area contributed by atoms with Gasteiger partial charge in [0.1, 0.15) is 18.2 Å². The molecule has 2 aromatic carbocycles. The van der Waals surface area contributed by atoms with E-state index in [1.54, 1.807) is 23.9 Å². The van der Waals surface area contributed by atoms with Crippen LogP contribution < -0.4 is 15.4 Å². The van der Waals surface area contributed by atoms with Crippen molar-refractivity contribution in [3.05, 3.63) is 77.6 Å². The van der Waals surface area contributed by atoms with E-state index in [-0.39, 0.29) is 29.5 Å². The second-order valence-corrected chi connectivity index (χ2v) is 7.86. The van der Waals surface area contributed by atoms with E-state index in [0.717, 1.165) is 16.9 Å². The predicted molar refractivity (Wildman–Crippen MR) is 111 cm³/mol. The molecule has 0 saturated heterocycles. The number of thioether (sulfide) groups is 1. The van der Waals surface area contributed by atoms with E-state index >= 15 is 0 Å². The van der Waals surface area contributed by atoms with E-state index < -0.39 is 0 Å². The molecular weight excluding hydrogens is 391 g/mol. The summed E-state index contributed by atoms with van der Waals surface area (Å²) >= 11 is 1.62. The monoisotopic (exact) mass is 410 g/mol. The van der Waals surface area contributed by atoms with E-state index in [1.165, 1.54) is 24.3 Å². The molecule has 5 nitrogen and oxygen atoms in total. The highest BCUT2D eigenvalue weighted by atomic mass is 32.2. The summed E-state index contributed by atoms with van der Waals surface area (Å²) < 4.78 is 18.3. The highest BCUT2D eigenvalue weighted by molar-refractivity contribution is 8.00. The number of nitrogens with one attached hydrogen (secondary N) is 2. The maximum atomic E-state index is 12.9. The Morgan fingerprint density at radius 2 is 2.07 bits per heavy atom. The Morgan fingerprint density at radius 1 is 1.24 bits per heavy atom. The summed E-state index contributed by atoms with van der Waals surface area (Å²) in [4.78, 5) is 25.9. The number of benzene rings is 2. The van der Waals surface area contributed by atoms with Crippen LogP contribution in [-0.4, -0.2) is 30.2 Å². The second-order valence-electron chi connectivity index (χ2n) is 6.62. The fourth-order valence-electron chi connectivity index (χ4n) is 3.13. The van der Waals surface area contributed by atoms with Gasteiger partial charge in [-0.3, -0.25) is 9.59 Å². The molecule has 148 valence electrons. The summed E-state index contributed by atoms with van der Waals surface area (Å²) in [5.74, 6) is -0.172. The average Bonchev–Trinajstić information content (AvgIpc) is 2.87. The SMILES string of the molecule is O=C1Nc2cc(C(=O)NCCOc3ccc(F)cc3)ccc2SC2CC=CC=C12. The molecule has 0 saturated carbocycles. The second kappa shape index (κ2) is 8.53. The lowest BCUT2D eigenvalue weighted by molar-refractivity contribution is -0.112. The standard InChI is InChI=1S/C22H19FN2O3S/c23-15-6-8-16(9-7-15)28-12-11-24-21(26)14-5-10-20-18(13-14)25-22(27)17-3-1-2-4-19(17)29-20/h1-3,5-10,13,19H,4,11-12H2,(H,24,26)(H,25,27). The molecule has 7 heteroatoms. The molecule has 0 aromatic heterocycles. The Hall–Kier alpha value is -3.06. The summed E-state index contributed by atoms with van der Waals surface area (Å²) in [7, 11) is 0. The van der Waals surface area contributed by atoms with Crippen LogP contribution in [-0.2, 0) is 4.79 Å². The van der Waals surface area contributed by atoms with E-state index in [1.807, 2.05) is 18.2 Å². The van der Waals surface area contributed by atoms with Crippen LogP contribution in [0.3, 0.4) is 0 Å². The fourth-order valence-corrected chi connectivity index (χ4v) is 4.34. The first kappa shape index (κ1) is 19.3. The van der Waals surface area contributed by atoms with Gasteiger partial charge in [-0.05, 0) is 48.9 Å². The Labute approximate surface area is 172 Å². The highest BCUT2D eigenvalue weighted by Crippen LogP contribution is 2.40. The van der Waals surface area contributed by atoms with Crippen LogP contribution in [0.5, 0.6) is 5.75 Å². The molecule has 0 radical (unpaired) electrons. The van der Waals surface area contributed by atoms with Crippen molar-refractivity contribution in [1.29, 1.82) is 0 Å². The van der Waals surface area contributed by atoms with Gasteiger partial charge in [-0.25, -0.2) is 4.39 Å². The number of allylic oxidation sites excluding steroid dienone is 3. The fraction of sp³-hybridized carbons (Fsp3) is 0.182. The van der Waals surface area contributed by atoms with Gasteiger partial charge >= 0.3 is 0 Å². The summed E-state index contributed by atoms with van der Waals surface area (Å²) in [5, 5.41) is 5.79. The minimum Gasteiger partial charge on any atom is -0.492 e. The quantitative estimate of drug-likeness (QED) is 0.733. The molecule has 29 heavy (non-hydrogen) atoms. The number of hydrogen-bond donors (Lipinski definition) is 2. The van der Waals surface area contributed by atoms with Crippen molar-refractivity contribution in [2.24, 2.45) is 0 Å². The lowest BCUT2D eigenvalue weighted by Gasteiger charge is -2.16. The minimum absolute atomic E-state index is 0.0875. The zero-order valence-electron chi connectivity index (χ0n) is 15.5. The number of hydrogen-bond acceptors (Lipinski definition) is 4. The maximum Gasteiger partial charge on any atom is 0.252 e. The Kier molecular flexibility index (Phi) is 5.67. The van der Waals surface area contributed by atoms with E-state index in [2.05, 4.69) is 16.7 Å². The number of ether oxygens (including phenoxy) is 1. The van der Waals surface area contributed by atoms with Crippen LogP contribution in [0.2, 0.25) is 0 Å². The summed E-state index contributed by atoms with van der Waals surface area (Å²) in [6, 6.07) is 11.0. The van der Waals surface area contributed by atoms with Gasteiger partial charge < -0.3 is 15.4 Å². The van der Waals surface area contributed by atoms with Crippen molar-refractivity contribution in [2.75, 3.05) is 18.5 Å². The lowest BCUT2D eigenvalue weighted by Crippen LogP contribution is -2.28. The van der Waals surface area contributed by atoms with Gasteiger partial charge in [0, 0.05) is 21.3 Å². The first-order valence-electron chi connectivity index (χ1n) is 9.25. The maximum absolute atomic E-state index is 12.9. The molecule has 1 aliphatic heterocycles. The van der Waals surface area contributed by atoms with E-state index in [0.29, 0.717) is 23.5 Å². The molecule has 1 atom stereocenters. The van der Waals surface area contributed by atoms with Gasteiger partial charge in [0.05, 0.1) is 12.2 Å². The number of amides is 2. The smallest absolute Gasteiger partial charge is 0.252 e. The van der Waals surface area contributed by atoms with Crippen LogP contribution in [0.1, 0.15) is 16.8 Å². The summed E-state index contributed by atoms with van der Waals surface area (Å²) in [6.45, 7) is 0.562. The number of anilines is 1. The van der Waals surface area contributed by atoms with E-state index in [4.69, 9.17) is 4.74 Å². The van der Waals surface area contributed by atoms with E-state index in [9.17, 15) is 14.0 Å². The molecule has 2 aromatic rings. The first-order valence-corrected chi connectivity index (χ1v) is 10.1. The van der Waals surface area contributed by atoms with Gasteiger partial charge in [-0.15, -0.1) is 11.8 Å². The predicted octanol–water partition coefficient (Wildman–Crippen LogP) is 3.93. The van der Waals surface area contributed by atoms with Crippen molar-refractivity contribution in [3.8, 4) is 5.75 Å². The van der Waals surface area contributed by atoms with Gasteiger partial charge in [-0.2, -0.15) is 0 Å².